The fourth-order valence-corrected chi connectivity index (χ4v) is 4.87. The second-order valence-electron chi connectivity index (χ2n) is 7.40. The Labute approximate surface area is 198 Å². The van der Waals surface area contributed by atoms with E-state index in [1.54, 1.807) is 30.3 Å². The van der Waals surface area contributed by atoms with E-state index in [2.05, 4.69) is 5.32 Å². The number of aryl methyl sites for hydroxylation is 2. The molecule has 0 aliphatic heterocycles. The molecule has 1 N–H and O–H groups in total. The Bertz CT molecular complexity index is 1260. The number of sulfonamides is 1. The SMILES string of the molecule is COc1ccc(N(CC(=O)Nc2cc(C)ccc2OC)S(=O)(=O)c2ccc(C)cc2)cc1Cl. The Hall–Kier alpha value is -3.23. The quantitative estimate of drug-likeness (QED) is 0.492. The van der Waals surface area contributed by atoms with Gasteiger partial charge in [-0.2, -0.15) is 0 Å². The monoisotopic (exact) mass is 488 g/mol. The van der Waals surface area contributed by atoms with Gasteiger partial charge in [-0.15, -0.1) is 0 Å². The van der Waals surface area contributed by atoms with Gasteiger partial charge in [-0.3, -0.25) is 9.10 Å². The fourth-order valence-electron chi connectivity index (χ4n) is 3.20. The fraction of sp³-hybridized carbons (Fsp3) is 0.208. The van der Waals surface area contributed by atoms with Gasteiger partial charge in [0.25, 0.3) is 10.0 Å². The number of hydrogen-bond donors (Lipinski definition) is 1. The first-order valence-electron chi connectivity index (χ1n) is 10.0. The molecule has 3 aromatic rings. The highest BCUT2D eigenvalue weighted by molar-refractivity contribution is 7.92. The number of halogens is 1. The van der Waals surface area contributed by atoms with Gasteiger partial charge in [-0.25, -0.2) is 8.42 Å². The second-order valence-corrected chi connectivity index (χ2v) is 9.67. The largest absolute Gasteiger partial charge is 0.495 e. The molecule has 0 aromatic heterocycles. The lowest BCUT2D eigenvalue weighted by atomic mass is 10.2. The Morgan fingerprint density at radius 2 is 1.52 bits per heavy atom. The molecule has 0 aliphatic carbocycles. The highest BCUT2D eigenvalue weighted by atomic mass is 35.5. The molecule has 0 saturated carbocycles. The molecule has 0 heterocycles. The van der Waals surface area contributed by atoms with Gasteiger partial charge in [-0.05, 0) is 61.9 Å². The van der Waals surface area contributed by atoms with Crippen LogP contribution in [0.4, 0.5) is 11.4 Å². The number of benzene rings is 3. The molecule has 7 nitrogen and oxygen atoms in total. The number of rotatable bonds is 8. The van der Waals surface area contributed by atoms with Crippen LogP contribution in [0.3, 0.4) is 0 Å². The molecular weight excluding hydrogens is 464 g/mol. The summed E-state index contributed by atoms with van der Waals surface area (Å²) in [4.78, 5) is 13.0. The van der Waals surface area contributed by atoms with Crippen LogP contribution >= 0.6 is 11.6 Å². The molecule has 0 fully saturated rings. The lowest BCUT2D eigenvalue weighted by molar-refractivity contribution is -0.114. The average Bonchev–Trinajstić information content (AvgIpc) is 2.78. The van der Waals surface area contributed by atoms with Crippen molar-refractivity contribution < 1.29 is 22.7 Å². The van der Waals surface area contributed by atoms with Crippen LogP contribution in [0.2, 0.25) is 5.02 Å². The van der Waals surface area contributed by atoms with Crippen LogP contribution < -0.4 is 19.1 Å². The standard InChI is InChI=1S/C24H25ClN2O5S/c1-16-5-9-19(10-6-16)33(29,30)27(18-8-12-22(31-3)20(25)14-18)15-24(28)26-21-13-17(2)7-11-23(21)32-4/h5-14H,15H2,1-4H3,(H,26,28). The van der Waals surface area contributed by atoms with Crippen LogP contribution in [-0.4, -0.2) is 35.1 Å². The summed E-state index contributed by atoms with van der Waals surface area (Å²) >= 11 is 6.25. The van der Waals surface area contributed by atoms with Gasteiger partial charge in [-0.1, -0.05) is 35.4 Å². The Balaban J connectivity index is 2.00. The molecule has 0 aliphatic rings. The maximum Gasteiger partial charge on any atom is 0.264 e. The van der Waals surface area contributed by atoms with Gasteiger partial charge in [0.1, 0.15) is 18.0 Å². The van der Waals surface area contributed by atoms with Crippen molar-refractivity contribution in [2.45, 2.75) is 18.7 Å². The van der Waals surface area contributed by atoms with Crippen LogP contribution in [-0.2, 0) is 14.8 Å². The average molecular weight is 489 g/mol. The Morgan fingerprint density at radius 3 is 2.12 bits per heavy atom. The van der Waals surface area contributed by atoms with Crippen molar-refractivity contribution in [3.8, 4) is 11.5 Å². The minimum atomic E-state index is -4.08. The number of carbonyl (C=O) groups excluding carboxylic acids is 1. The molecule has 174 valence electrons. The van der Waals surface area contributed by atoms with Gasteiger partial charge >= 0.3 is 0 Å². The summed E-state index contributed by atoms with van der Waals surface area (Å²) in [6.07, 6.45) is 0. The van der Waals surface area contributed by atoms with Crippen LogP contribution in [0.1, 0.15) is 11.1 Å². The predicted molar refractivity (Wildman–Crippen MR) is 130 cm³/mol. The van der Waals surface area contributed by atoms with E-state index in [9.17, 15) is 13.2 Å². The van der Waals surface area contributed by atoms with Crippen molar-refractivity contribution in [3.05, 3.63) is 76.8 Å². The second kappa shape index (κ2) is 10.1. The number of nitrogens with one attached hydrogen (secondary N) is 1. The van der Waals surface area contributed by atoms with Crippen molar-refractivity contribution in [2.24, 2.45) is 0 Å². The van der Waals surface area contributed by atoms with Crippen LogP contribution in [0.15, 0.2) is 65.6 Å². The van der Waals surface area contributed by atoms with Crippen molar-refractivity contribution in [1.29, 1.82) is 0 Å². The zero-order valence-corrected chi connectivity index (χ0v) is 20.3. The number of amides is 1. The number of nitrogens with zero attached hydrogens (tertiary/aromatic N) is 1. The summed E-state index contributed by atoms with van der Waals surface area (Å²) in [5.41, 5.74) is 2.50. The van der Waals surface area contributed by atoms with Gasteiger partial charge < -0.3 is 14.8 Å². The summed E-state index contributed by atoms with van der Waals surface area (Å²) in [6, 6.07) is 16.3. The lowest BCUT2D eigenvalue weighted by Gasteiger charge is -2.25. The summed E-state index contributed by atoms with van der Waals surface area (Å²) < 4.78 is 38.5. The first kappa shape index (κ1) is 24.4. The first-order valence-corrected chi connectivity index (χ1v) is 11.8. The van der Waals surface area contributed by atoms with Crippen molar-refractivity contribution in [1.82, 2.24) is 0 Å². The van der Waals surface area contributed by atoms with Crippen LogP contribution in [0.5, 0.6) is 11.5 Å². The molecule has 0 bridgehead atoms. The third-order valence-corrected chi connectivity index (χ3v) is 7.03. The predicted octanol–water partition coefficient (Wildman–Crippen LogP) is 4.81. The number of hydrogen-bond acceptors (Lipinski definition) is 5. The number of methoxy groups -OCH3 is 2. The summed E-state index contributed by atoms with van der Waals surface area (Å²) in [5, 5.41) is 2.97. The zero-order chi connectivity index (χ0) is 24.2. The molecule has 0 atom stereocenters. The van der Waals surface area contributed by atoms with Crippen molar-refractivity contribution >= 4 is 38.9 Å². The highest BCUT2D eigenvalue weighted by Crippen LogP contribution is 2.32. The van der Waals surface area contributed by atoms with E-state index in [-0.39, 0.29) is 15.6 Å². The third kappa shape index (κ3) is 5.58. The molecule has 3 rings (SSSR count). The van der Waals surface area contributed by atoms with E-state index in [4.69, 9.17) is 21.1 Å². The van der Waals surface area contributed by atoms with Gasteiger partial charge in [0.05, 0.1) is 35.5 Å². The maximum absolute atomic E-state index is 13.5. The lowest BCUT2D eigenvalue weighted by Crippen LogP contribution is -2.38. The number of anilines is 2. The van der Waals surface area contributed by atoms with Gasteiger partial charge in [0, 0.05) is 0 Å². The number of ether oxygens (including phenoxy) is 2. The number of carbonyl (C=O) groups is 1. The summed E-state index contributed by atoms with van der Waals surface area (Å²) in [5.74, 6) is 0.318. The Kier molecular flexibility index (Phi) is 7.50. The molecule has 33 heavy (non-hydrogen) atoms. The molecule has 3 aromatic carbocycles. The van der Waals surface area contributed by atoms with E-state index in [0.717, 1.165) is 15.4 Å². The summed E-state index contributed by atoms with van der Waals surface area (Å²) in [7, 11) is -1.12. The third-order valence-electron chi connectivity index (χ3n) is 4.95. The smallest absolute Gasteiger partial charge is 0.264 e. The van der Waals surface area contributed by atoms with Crippen LogP contribution in [0, 0.1) is 13.8 Å². The zero-order valence-electron chi connectivity index (χ0n) is 18.8. The van der Waals surface area contributed by atoms with E-state index in [1.165, 1.54) is 38.5 Å². The summed E-state index contributed by atoms with van der Waals surface area (Å²) in [6.45, 7) is 3.26. The first-order chi connectivity index (χ1) is 15.6. The minimum Gasteiger partial charge on any atom is -0.495 e. The molecule has 0 spiro atoms. The van der Waals surface area contributed by atoms with E-state index in [0.29, 0.717) is 17.2 Å². The van der Waals surface area contributed by atoms with Crippen LogP contribution in [0.25, 0.3) is 0 Å². The van der Waals surface area contributed by atoms with E-state index in [1.807, 2.05) is 19.9 Å². The van der Waals surface area contributed by atoms with Crippen molar-refractivity contribution in [2.75, 3.05) is 30.4 Å². The van der Waals surface area contributed by atoms with Gasteiger partial charge in [0.15, 0.2) is 0 Å². The van der Waals surface area contributed by atoms with Gasteiger partial charge in [0.2, 0.25) is 5.91 Å². The molecule has 0 unspecified atom stereocenters. The molecule has 9 heteroatoms. The Morgan fingerprint density at radius 1 is 0.909 bits per heavy atom. The molecular formula is C24H25ClN2O5S. The minimum absolute atomic E-state index is 0.0565. The van der Waals surface area contributed by atoms with E-state index >= 15 is 0 Å². The molecule has 1 amide bonds. The molecule has 0 radical (unpaired) electrons. The van der Waals surface area contributed by atoms with Crippen molar-refractivity contribution in [3.63, 3.8) is 0 Å². The molecule has 0 saturated heterocycles. The normalized spacial score (nSPS) is 11.1. The highest BCUT2D eigenvalue weighted by Gasteiger charge is 2.28. The topological polar surface area (TPSA) is 84.9 Å². The van der Waals surface area contributed by atoms with E-state index < -0.39 is 22.5 Å². The maximum atomic E-state index is 13.5.